The van der Waals surface area contributed by atoms with E-state index in [0.29, 0.717) is 0 Å². The highest BCUT2D eigenvalue weighted by Crippen LogP contribution is 2.23. The zero-order chi connectivity index (χ0) is 19.6. The Bertz CT molecular complexity index is 1040. The molecule has 3 aromatic rings. The quantitative estimate of drug-likeness (QED) is 0.424. The number of aromatic nitrogens is 2. The number of para-hydroxylation sites is 1. The first-order valence-corrected chi connectivity index (χ1v) is 7.88. The van der Waals surface area contributed by atoms with Crippen LogP contribution in [0.5, 0.6) is 0 Å². The molecule has 3 rings (SSSR count). The number of nitrogens with one attached hydrogen (secondary N) is 2. The van der Waals surface area contributed by atoms with Crippen molar-refractivity contribution in [3.8, 4) is 0 Å². The normalized spacial score (nSPS) is 11.9. The molecule has 0 saturated heterocycles. The summed E-state index contributed by atoms with van der Waals surface area (Å²) in [4.78, 5) is 41.0. The number of carboxylic acids is 3. The van der Waals surface area contributed by atoms with Gasteiger partial charge in [-0.3, -0.25) is 0 Å². The first-order valence-electron chi connectivity index (χ1n) is 7.88. The smallest absolute Gasteiger partial charge is 0.355 e. The van der Waals surface area contributed by atoms with E-state index in [-0.39, 0.29) is 12.1 Å². The molecule has 0 saturated carbocycles. The summed E-state index contributed by atoms with van der Waals surface area (Å²) >= 11 is 0. The molecule has 5 N–H and O–H groups in total. The number of aromatic carboxylic acids is 2. The van der Waals surface area contributed by atoms with Crippen LogP contribution in [0.15, 0.2) is 42.7 Å². The Labute approximate surface area is 152 Å². The molecule has 1 atom stereocenters. The van der Waals surface area contributed by atoms with E-state index < -0.39 is 35.2 Å². The summed E-state index contributed by atoms with van der Waals surface area (Å²) in [6.07, 6.45) is 2.86. The van der Waals surface area contributed by atoms with Gasteiger partial charge in [0.15, 0.2) is 5.69 Å². The number of H-pyrrole nitrogens is 1. The van der Waals surface area contributed by atoms with Gasteiger partial charge in [0, 0.05) is 29.7 Å². The number of hydrogen-bond acceptors (Lipinski definition) is 5. The number of rotatable bonds is 7. The Balaban J connectivity index is 1.96. The number of nitrogens with zero attached hydrogens (tertiary/aromatic N) is 1. The van der Waals surface area contributed by atoms with Crippen molar-refractivity contribution in [2.45, 2.75) is 12.5 Å². The van der Waals surface area contributed by atoms with Crippen molar-refractivity contribution in [2.24, 2.45) is 0 Å². The molecule has 2 aromatic heterocycles. The molecule has 0 fully saturated rings. The summed E-state index contributed by atoms with van der Waals surface area (Å²) in [5.74, 6) is -4.23. The predicted molar refractivity (Wildman–Crippen MR) is 95.2 cm³/mol. The number of benzene rings is 1. The molecule has 1 aromatic carbocycles. The predicted octanol–water partition coefficient (Wildman–Crippen LogP) is 2.07. The largest absolute Gasteiger partial charge is 0.480 e. The van der Waals surface area contributed by atoms with Crippen LogP contribution in [0.2, 0.25) is 0 Å². The molecule has 0 aliphatic heterocycles. The summed E-state index contributed by atoms with van der Waals surface area (Å²) < 4.78 is 0. The highest BCUT2D eigenvalue weighted by Gasteiger charge is 2.26. The van der Waals surface area contributed by atoms with Crippen LogP contribution >= 0.6 is 0 Å². The van der Waals surface area contributed by atoms with Crippen LogP contribution < -0.4 is 5.32 Å². The van der Waals surface area contributed by atoms with Gasteiger partial charge in [-0.15, -0.1) is 0 Å². The molecule has 0 aliphatic rings. The fourth-order valence-corrected chi connectivity index (χ4v) is 2.87. The van der Waals surface area contributed by atoms with Gasteiger partial charge in [0.2, 0.25) is 0 Å². The molecule has 0 aliphatic carbocycles. The lowest BCUT2D eigenvalue weighted by Crippen LogP contribution is -2.32. The van der Waals surface area contributed by atoms with Gasteiger partial charge < -0.3 is 25.6 Å². The summed E-state index contributed by atoms with van der Waals surface area (Å²) in [7, 11) is 0. The van der Waals surface area contributed by atoms with E-state index in [1.54, 1.807) is 6.20 Å². The second kappa shape index (κ2) is 7.16. The van der Waals surface area contributed by atoms with Crippen LogP contribution in [0.1, 0.15) is 26.4 Å². The average molecular weight is 369 g/mol. The number of hydrogen-bond donors (Lipinski definition) is 5. The minimum Gasteiger partial charge on any atom is -0.480 e. The zero-order valence-corrected chi connectivity index (χ0v) is 13.8. The van der Waals surface area contributed by atoms with E-state index in [1.165, 1.54) is 6.07 Å². The van der Waals surface area contributed by atoms with Gasteiger partial charge in [-0.1, -0.05) is 18.2 Å². The van der Waals surface area contributed by atoms with Crippen molar-refractivity contribution >= 4 is 34.5 Å². The van der Waals surface area contributed by atoms with Crippen LogP contribution in [0.4, 0.5) is 5.69 Å². The number of pyridine rings is 1. The number of aromatic amines is 1. The lowest BCUT2D eigenvalue weighted by atomic mass is 10.0. The Kier molecular flexibility index (Phi) is 4.75. The molecule has 27 heavy (non-hydrogen) atoms. The van der Waals surface area contributed by atoms with Crippen molar-refractivity contribution in [3.63, 3.8) is 0 Å². The standard InChI is InChI=1S/C18H15N3O6/c22-16(23)13(7-9-8-20-11-4-2-1-3-10(9)11)21-12-5-6-19-15(18(26)27)14(12)17(24)25/h1-6,8,13,20H,7H2,(H,19,21)(H,22,23)(H,24,25)(H,26,27)/t13-/m0/s1. The van der Waals surface area contributed by atoms with Crippen LogP contribution in [0.25, 0.3) is 10.9 Å². The minimum atomic E-state index is -1.51. The highest BCUT2D eigenvalue weighted by molar-refractivity contribution is 6.04. The van der Waals surface area contributed by atoms with Crippen molar-refractivity contribution in [2.75, 3.05) is 5.32 Å². The second-order valence-electron chi connectivity index (χ2n) is 5.79. The second-order valence-corrected chi connectivity index (χ2v) is 5.79. The monoisotopic (exact) mass is 369 g/mol. The first-order chi connectivity index (χ1) is 12.9. The number of carbonyl (C=O) groups is 3. The van der Waals surface area contributed by atoms with Gasteiger partial charge in [0.05, 0.1) is 5.69 Å². The Morgan fingerprint density at radius 3 is 2.48 bits per heavy atom. The average Bonchev–Trinajstić information content (AvgIpc) is 3.03. The van der Waals surface area contributed by atoms with Crippen LogP contribution in [-0.2, 0) is 11.2 Å². The van der Waals surface area contributed by atoms with Crippen molar-refractivity contribution in [1.29, 1.82) is 0 Å². The summed E-state index contributed by atoms with van der Waals surface area (Å²) in [6.45, 7) is 0. The maximum atomic E-state index is 11.7. The van der Waals surface area contributed by atoms with Crippen LogP contribution in [0.3, 0.4) is 0 Å². The molecular weight excluding hydrogens is 354 g/mol. The van der Waals surface area contributed by atoms with Crippen molar-refractivity contribution in [3.05, 3.63) is 59.5 Å². The van der Waals surface area contributed by atoms with E-state index in [0.717, 1.165) is 22.7 Å². The van der Waals surface area contributed by atoms with E-state index in [9.17, 15) is 24.6 Å². The Morgan fingerprint density at radius 1 is 1.07 bits per heavy atom. The van der Waals surface area contributed by atoms with Gasteiger partial charge in [-0.05, 0) is 17.7 Å². The summed E-state index contributed by atoms with van der Waals surface area (Å²) in [5, 5.41) is 31.5. The summed E-state index contributed by atoms with van der Waals surface area (Å²) in [6, 6.07) is 7.43. The molecular formula is C18H15N3O6. The van der Waals surface area contributed by atoms with Crippen LogP contribution in [0, 0.1) is 0 Å². The fourth-order valence-electron chi connectivity index (χ4n) is 2.87. The third-order valence-electron chi connectivity index (χ3n) is 4.09. The van der Waals surface area contributed by atoms with E-state index in [1.807, 2.05) is 24.3 Å². The topological polar surface area (TPSA) is 153 Å². The van der Waals surface area contributed by atoms with Gasteiger partial charge in [-0.25, -0.2) is 19.4 Å². The number of anilines is 1. The molecule has 0 spiro atoms. The van der Waals surface area contributed by atoms with Crippen molar-refractivity contribution in [1.82, 2.24) is 9.97 Å². The maximum Gasteiger partial charge on any atom is 0.355 e. The van der Waals surface area contributed by atoms with Crippen molar-refractivity contribution < 1.29 is 29.7 Å². The fraction of sp³-hybridized carbons (Fsp3) is 0.111. The van der Waals surface area contributed by atoms with Gasteiger partial charge >= 0.3 is 17.9 Å². The minimum absolute atomic E-state index is 0.0587. The molecule has 0 bridgehead atoms. The third kappa shape index (κ3) is 3.56. The number of carboxylic acid groups (broad SMARTS) is 3. The molecule has 0 radical (unpaired) electrons. The number of aliphatic carboxylic acids is 1. The SMILES string of the molecule is O=C(O)c1nccc(N[C@@H](Cc2c[nH]c3ccccc23)C(=O)O)c1C(=O)O. The molecule has 138 valence electrons. The molecule has 0 unspecified atom stereocenters. The third-order valence-corrected chi connectivity index (χ3v) is 4.09. The van der Waals surface area contributed by atoms with Gasteiger partial charge in [0.25, 0.3) is 0 Å². The lowest BCUT2D eigenvalue weighted by Gasteiger charge is -2.17. The first kappa shape index (κ1) is 17.9. The van der Waals surface area contributed by atoms with Gasteiger partial charge in [-0.2, -0.15) is 0 Å². The van der Waals surface area contributed by atoms with E-state index >= 15 is 0 Å². The van der Waals surface area contributed by atoms with E-state index in [2.05, 4.69) is 15.3 Å². The Morgan fingerprint density at radius 2 is 1.81 bits per heavy atom. The van der Waals surface area contributed by atoms with E-state index in [4.69, 9.17) is 5.11 Å². The summed E-state index contributed by atoms with van der Waals surface area (Å²) in [5.41, 5.74) is 0.205. The zero-order valence-electron chi connectivity index (χ0n) is 13.8. The number of fused-ring (bicyclic) bond motifs is 1. The molecule has 9 heteroatoms. The van der Waals surface area contributed by atoms with Crippen LogP contribution in [-0.4, -0.2) is 49.2 Å². The maximum absolute atomic E-state index is 11.7. The van der Waals surface area contributed by atoms with Gasteiger partial charge in [0.1, 0.15) is 11.6 Å². The molecule has 2 heterocycles. The molecule has 9 nitrogen and oxygen atoms in total. The molecule has 0 amide bonds. The Hall–Kier alpha value is -3.88. The lowest BCUT2D eigenvalue weighted by molar-refractivity contribution is -0.137. The highest BCUT2D eigenvalue weighted by atomic mass is 16.4.